The van der Waals surface area contributed by atoms with Crippen LogP contribution in [0.15, 0.2) is 0 Å². The smallest absolute Gasteiger partial charge is 0.168 e. The lowest BCUT2D eigenvalue weighted by atomic mass is 10.1. The maximum atomic E-state index is 4.31. The third-order valence-corrected chi connectivity index (χ3v) is 4.14. The summed E-state index contributed by atoms with van der Waals surface area (Å²) in [5, 5.41) is 12.4. The van der Waals surface area contributed by atoms with Crippen LogP contribution >= 0.6 is 0 Å². The first-order valence-corrected chi connectivity index (χ1v) is 7.80. The van der Waals surface area contributed by atoms with Gasteiger partial charge in [0.15, 0.2) is 5.82 Å². The van der Waals surface area contributed by atoms with E-state index < -0.39 is 0 Å². The molecule has 0 aliphatic carbocycles. The van der Waals surface area contributed by atoms with Crippen molar-refractivity contribution >= 4 is 0 Å². The lowest BCUT2D eigenvalue weighted by Gasteiger charge is -2.36. The number of aromatic nitrogens is 4. The number of hydrogen-bond acceptors (Lipinski definition) is 5. The van der Waals surface area contributed by atoms with Crippen molar-refractivity contribution in [2.24, 2.45) is 5.92 Å². The van der Waals surface area contributed by atoms with Crippen LogP contribution in [0.3, 0.4) is 0 Å². The van der Waals surface area contributed by atoms with E-state index in [9.17, 15) is 0 Å². The molecule has 6 nitrogen and oxygen atoms in total. The molecule has 2 rings (SSSR count). The number of nitrogens with zero attached hydrogens (tertiary/aromatic N) is 6. The fraction of sp³-hybridized carbons (Fsp3) is 0.929. The van der Waals surface area contributed by atoms with Crippen molar-refractivity contribution in [3.05, 3.63) is 5.82 Å². The van der Waals surface area contributed by atoms with Crippen molar-refractivity contribution in [2.45, 2.75) is 46.2 Å². The van der Waals surface area contributed by atoms with Gasteiger partial charge in [-0.3, -0.25) is 4.90 Å². The van der Waals surface area contributed by atoms with Crippen LogP contribution in [0.25, 0.3) is 0 Å². The molecule has 20 heavy (non-hydrogen) atoms. The minimum atomic E-state index is 0.353. The molecule has 0 spiro atoms. The second-order valence-electron chi connectivity index (χ2n) is 6.21. The van der Waals surface area contributed by atoms with Gasteiger partial charge in [0.05, 0.1) is 6.04 Å². The summed E-state index contributed by atoms with van der Waals surface area (Å²) in [4.78, 5) is 4.91. The molecular formula is C14H28N6. The average molecular weight is 280 g/mol. The van der Waals surface area contributed by atoms with Crippen LogP contribution in [0, 0.1) is 5.92 Å². The van der Waals surface area contributed by atoms with Crippen molar-refractivity contribution < 1.29 is 0 Å². The molecule has 1 aliphatic rings. The van der Waals surface area contributed by atoms with E-state index in [4.69, 9.17) is 0 Å². The van der Waals surface area contributed by atoms with Gasteiger partial charge in [-0.1, -0.05) is 20.8 Å². The molecule has 2 heterocycles. The summed E-state index contributed by atoms with van der Waals surface area (Å²) < 4.78 is 2.01. The van der Waals surface area contributed by atoms with Crippen LogP contribution in [0.5, 0.6) is 0 Å². The number of hydrogen-bond donors (Lipinski definition) is 0. The van der Waals surface area contributed by atoms with Crippen LogP contribution in [0.1, 0.15) is 45.5 Å². The molecular weight excluding hydrogens is 252 g/mol. The molecule has 0 radical (unpaired) electrons. The first-order valence-electron chi connectivity index (χ1n) is 7.80. The second-order valence-corrected chi connectivity index (χ2v) is 6.21. The highest BCUT2D eigenvalue weighted by Crippen LogP contribution is 2.23. The molecule has 1 aromatic heterocycles. The highest BCUT2D eigenvalue weighted by molar-refractivity contribution is 4.94. The molecule has 1 aromatic rings. The third kappa shape index (κ3) is 3.76. The average Bonchev–Trinajstić information content (AvgIpc) is 2.88. The lowest BCUT2D eigenvalue weighted by Crippen LogP contribution is -2.46. The van der Waals surface area contributed by atoms with Gasteiger partial charge < -0.3 is 4.90 Å². The van der Waals surface area contributed by atoms with Gasteiger partial charge in [0.25, 0.3) is 0 Å². The molecule has 0 aromatic carbocycles. The SMILES string of the molecule is CC[C@H](c1nnnn1CCC(C)C)N1CCN(C)CC1. The van der Waals surface area contributed by atoms with E-state index in [-0.39, 0.29) is 0 Å². The van der Waals surface area contributed by atoms with Gasteiger partial charge in [0.1, 0.15) is 0 Å². The second kappa shape index (κ2) is 7.13. The Labute approximate surface area is 122 Å². The van der Waals surface area contributed by atoms with E-state index in [0.29, 0.717) is 12.0 Å². The van der Waals surface area contributed by atoms with E-state index in [2.05, 4.69) is 53.1 Å². The Morgan fingerprint density at radius 3 is 2.45 bits per heavy atom. The van der Waals surface area contributed by atoms with Crippen LogP contribution in [-0.2, 0) is 6.54 Å². The van der Waals surface area contributed by atoms with E-state index in [1.807, 2.05) is 4.68 Å². The Kier molecular flexibility index (Phi) is 5.48. The Morgan fingerprint density at radius 1 is 1.15 bits per heavy atom. The van der Waals surface area contributed by atoms with Gasteiger partial charge in [-0.05, 0) is 36.2 Å². The van der Waals surface area contributed by atoms with Crippen molar-refractivity contribution in [1.82, 2.24) is 30.0 Å². The van der Waals surface area contributed by atoms with Gasteiger partial charge in [0.2, 0.25) is 0 Å². The highest BCUT2D eigenvalue weighted by Gasteiger charge is 2.26. The van der Waals surface area contributed by atoms with Crippen molar-refractivity contribution in [1.29, 1.82) is 0 Å². The highest BCUT2D eigenvalue weighted by atomic mass is 15.5. The standard InChI is InChI=1S/C14H28N6/c1-5-13(19-10-8-18(4)9-11-19)14-15-16-17-20(14)7-6-12(2)3/h12-13H,5-11H2,1-4H3/t13-/m1/s1. The summed E-state index contributed by atoms with van der Waals surface area (Å²) in [6.07, 6.45) is 2.18. The molecule has 0 saturated carbocycles. The summed E-state index contributed by atoms with van der Waals surface area (Å²) in [6, 6.07) is 0.353. The van der Waals surface area contributed by atoms with E-state index in [1.54, 1.807) is 0 Å². The van der Waals surface area contributed by atoms with Gasteiger partial charge >= 0.3 is 0 Å². The lowest BCUT2D eigenvalue weighted by molar-refractivity contribution is 0.102. The molecule has 1 fully saturated rings. The molecule has 6 heteroatoms. The third-order valence-electron chi connectivity index (χ3n) is 4.14. The molecule has 114 valence electrons. The zero-order chi connectivity index (χ0) is 14.5. The fourth-order valence-electron chi connectivity index (χ4n) is 2.73. The fourth-order valence-corrected chi connectivity index (χ4v) is 2.73. The molecule has 1 saturated heterocycles. The van der Waals surface area contributed by atoms with E-state index in [0.717, 1.165) is 51.4 Å². The summed E-state index contributed by atoms with van der Waals surface area (Å²) >= 11 is 0. The van der Waals surface area contributed by atoms with Crippen molar-refractivity contribution in [2.75, 3.05) is 33.2 Å². The zero-order valence-electron chi connectivity index (χ0n) is 13.3. The Morgan fingerprint density at radius 2 is 1.85 bits per heavy atom. The number of piperazine rings is 1. The zero-order valence-corrected chi connectivity index (χ0v) is 13.3. The van der Waals surface area contributed by atoms with Gasteiger partial charge in [-0.15, -0.1) is 5.10 Å². The van der Waals surface area contributed by atoms with E-state index in [1.165, 1.54) is 0 Å². The van der Waals surface area contributed by atoms with Gasteiger partial charge in [-0.2, -0.15) is 0 Å². The summed E-state index contributed by atoms with van der Waals surface area (Å²) in [6.45, 7) is 12.1. The topological polar surface area (TPSA) is 50.1 Å². The van der Waals surface area contributed by atoms with Crippen molar-refractivity contribution in [3.8, 4) is 0 Å². The Hall–Kier alpha value is -1.01. The monoisotopic (exact) mass is 280 g/mol. The summed E-state index contributed by atoms with van der Waals surface area (Å²) in [7, 11) is 2.19. The maximum Gasteiger partial charge on any atom is 0.168 e. The van der Waals surface area contributed by atoms with Gasteiger partial charge in [-0.25, -0.2) is 4.68 Å². The predicted molar refractivity (Wildman–Crippen MR) is 79.4 cm³/mol. The van der Waals surface area contributed by atoms with Crippen LogP contribution < -0.4 is 0 Å². The Balaban J connectivity index is 2.05. The minimum Gasteiger partial charge on any atom is -0.304 e. The number of rotatable bonds is 6. The quantitative estimate of drug-likeness (QED) is 0.789. The molecule has 0 bridgehead atoms. The number of aryl methyl sites for hydroxylation is 1. The molecule has 0 unspecified atom stereocenters. The first-order chi connectivity index (χ1) is 9.61. The minimum absolute atomic E-state index is 0.353. The normalized spacial score (nSPS) is 19.6. The predicted octanol–water partition coefficient (Wildman–Crippen LogP) is 1.42. The largest absolute Gasteiger partial charge is 0.304 e. The molecule has 1 atom stereocenters. The maximum absolute atomic E-state index is 4.31. The van der Waals surface area contributed by atoms with E-state index >= 15 is 0 Å². The molecule has 0 N–H and O–H groups in total. The summed E-state index contributed by atoms with van der Waals surface area (Å²) in [5.41, 5.74) is 0. The number of tetrazole rings is 1. The Bertz CT molecular complexity index is 394. The summed E-state index contributed by atoms with van der Waals surface area (Å²) in [5.74, 6) is 1.72. The van der Waals surface area contributed by atoms with Crippen LogP contribution in [-0.4, -0.2) is 63.2 Å². The first kappa shape index (κ1) is 15.4. The van der Waals surface area contributed by atoms with Crippen molar-refractivity contribution in [3.63, 3.8) is 0 Å². The molecule has 0 amide bonds. The van der Waals surface area contributed by atoms with Crippen LogP contribution in [0.2, 0.25) is 0 Å². The van der Waals surface area contributed by atoms with Gasteiger partial charge in [0, 0.05) is 32.7 Å². The molecule has 1 aliphatic heterocycles. The van der Waals surface area contributed by atoms with Crippen LogP contribution in [0.4, 0.5) is 0 Å². The number of likely N-dealkylation sites (N-methyl/N-ethyl adjacent to an activating group) is 1.